The van der Waals surface area contributed by atoms with Crippen molar-refractivity contribution in [2.24, 2.45) is 5.73 Å². The number of hydrogen-bond acceptors (Lipinski definition) is 0. The van der Waals surface area contributed by atoms with Gasteiger partial charge >= 0.3 is 5.96 Å². The van der Waals surface area contributed by atoms with E-state index in [1.165, 1.54) is 96.6 Å². The summed E-state index contributed by atoms with van der Waals surface area (Å²) < 4.78 is 3.20. The molecule has 0 saturated heterocycles. The maximum Gasteiger partial charge on any atom is 0.345 e. The Hall–Kier alpha value is -0.770. The summed E-state index contributed by atoms with van der Waals surface area (Å²) in [5.74, 6) is 0.926. The van der Waals surface area contributed by atoms with Crippen LogP contribution in [0.4, 0.5) is 0 Å². The van der Waals surface area contributed by atoms with Crippen molar-refractivity contribution in [1.29, 1.82) is 0 Å². The van der Waals surface area contributed by atoms with Crippen molar-refractivity contribution < 1.29 is 9.06 Å². The third-order valence-corrected chi connectivity index (χ3v) is 5.87. The Bertz CT molecular complexity index is 386. The summed E-state index contributed by atoms with van der Waals surface area (Å²) in [5, 5.41) is 0. The van der Waals surface area contributed by atoms with Crippen molar-refractivity contribution in [3.8, 4) is 0 Å². The quantitative estimate of drug-likeness (QED) is 0.115. The van der Waals surface area contributed by atoms with Gasteiger partial charge in [0, 0.05) is 6.42 Å². The summed E-state index contributed by atoms with van der Waals surface area (Å²) in [5.41, 5.74) is 6.37. The zero-order valence-corrected chi connectivity index (χ0v) is 20.4. The molecule has 0 aromatic rings. The average molecular weight is 399 g/mol. The molecule has 0 atom stereocenters. The Morgan fingerprint density at radius 2 is 1.11 bits per heavy atom. The van der Waals surface area contributed by atoms with E-state index in [0.29, 0.717) is 0 Å². The van der Waals surface area contributed by atoms with Gasteiger partial charge in [0.2, 0.25) is 0 Å². The topological polar surface area (TPSA) is 32.3 Å². The van der Waals surface area contributed by atoms with Gasteiger partial charge in [0.15, 0.2) is 0 Å². The zero-order valence-electron chi connectivity index (χ0n) is 20.4. The van der Waals surface area contributed by atoms with E-state index in [-0.39, 0.29) is 0 Å². The number of quaternary nitrogens is 1. The lowest BCUT2D eigenvalue weighted by Crippen LogP contribution is -2.46. The van der Waals surface area contributed by atoms with E-state index in [1.807, 2.05) is 0 Å². The van der Waals surface area contributed by atoms with E-state index in [0.717, 1.165) is 23.5 Å². The molecule has 0 heterocycles. The molecule has 0 amide bonds. The third kappa shape index (κ3) is 15.2. The number of guanidine groups is 1. The fourth-order valence-electron chi connectivity index (χ4n) is 3.83. The zero-order chi connectivity index (χ0) is 21.3. The van der Waals surface area contributed by atoms with Crippen LogP contribution in [0, 0.1) is 0 Å². The highest BCUT2D eigenvalue weighted by Crippen LogP contribution is 2.10. The molecule has 0 aromatic heterocycles. The van der Waals surface area contributed by atoms with Gasteiger partial charge in [-0.2, -0.15) is 0 Å². The van der Waals surface area contributed by atoms with Crippen LogP contribution in [0.3, 0.4) is 0 Å². The fourth-order valence-corrected chi connectivity index (χ4v) is 3.83. The molecule has 4 heteroatoms. The van der Waals surface area contributed by atoms with Crippen LogP contribution in [0.25, 0.3) is 0 Å². The van der Waals surface area contributed by atoms with Crippen molar-refractivity contribution in [3.05, 3.63) is 0 Å². The smallest absolute Gasteiger partial charge is 0.328 e. The van der Waals surface area contributed by atoms with Crippen LogP contribution in [-0.2, 0) is 0 Å². The normalized spacial score (nSPS) is 11.6. The molecule has 4 nitrogen and oxygen atoms in total. The molecule has 168 valence electrons. The Morgan fingerprint density at radius 1 is 0.679 bits per heavy atom. The largest absolute Gasteiger partial charge is 0.345 e. The van der Waals surface area contributed by atoms with Crippen molar-refractivity contribution in [2.45, 2.75) is 97.3 Å². The summed E-state index contributed by atoms with van der Waals surface area (Å²) in [6.07, 6.45) is 17.6. The lowest BCUT2D eigenvalue weighted by molar-refractivity contribution is -0.890. The van der Waals surface area contributed by atoms with E-state index in [2.05, 4.69) is 51.5 Å². The van der Waals surface area contributed by atoms with E-state index in [9.17, 15) is 0 Å². The third-order valence-electron chi connectivity index (χ3n) is 5.87. The molecular formula is C24H54N4+2. The molecule has 0 saturated carbocycles. The van der Waals surface area contributed by atoms with Gasteiger partial charge in [-0.3, -0.25) is 15.2 Å². The van der Waals surface area contributed by atoms with Gasteiger partial charge in [-0.1, -0.05) is 71.6 Å². The lowest BCUT2D eigenvalue weighted by Gasteiger charge is -2.30. The predicted molar refractivity (Wildman–Crippen MR) is 126 cm³/mol. The molecular weight excluding hydrogens is 344 g/mol. The number of rotatable bonds is 18. The molecule has 2 N–H and O–H groups in total. The Labute approximate surface area is 177 Å². The van der Waals surface area contributed by atoms with Gasteiger partial charge < -0.3 is 4.48 Å². The van der Waals surface area contributed by atoms with E-state index in [4.69, 9.17) is 5.73 Å². The Morgan fingerprint density at radius 3 is 1.64 bits per heavy atom. The molecule has 0 aliphatic heterocycles. The summed E-state index contributed by atoms with van der Waals surface area (Å²) in [6.45, 7) is 9.29. The first-order chi connectivity index (χ1) is 13.3. The highest BCUT2D eigenvalue weighted by atomic mass is 15.3. The Kier molecular flexibility index (Phi) is 16.6. The summed E-state index contributed by atoms with van der Waals surface area (Å²) in [7, 11) is 8.90. The maximum atomic E-state index is 6.37. The second kappa shape index (κ2) is 17.1. The van der Waals surface area contributed by atoms with Crippen molar-refractivity contribution in [2.75, 3.05) is 54.4 Å². The molecule has 0 spiro atoms. The second-order valence-electron chi connectivity index (χ2n) is 9.51. The predicted octanol–water partition coefficient (Wildman–Crippen LogP) is 5.06. The highest BCUT2D eigenvalue weighted by molar-refractivity contribution is 5.72. The van der Waals surface area contributed by atoms with E-state index >= 15 is 0 Å². The van der Waals surface area contributed by atoms with Gasteiger partial charge in [-0.15, -0.1) is 0 Å². The fraction of sp³-hybridized carbons (Fsp3) is 0.958. The first kappa shape index (κ1) is 27.2. The molecule has 28 heavy (non-hydrogen) atoms. The minimum absolute atomic E-state index is 0.926. The van der Waals surface area contributed by atoms with Crippen molar-refractivity contribution in [1.82, 2.24) is 4.90 Å². The molecule has 0 fully saturated rings. The van der Waals surface area contributed by atoms with E-state index in [1.54, 1.807) is 0 Å². The van der Waals surface area contributed by atoms with E-state index < -0.39 is 0 Å². The van der Waals surface area contributed by atoms with Gasteiger partial charge in [0.1, 0.15) is 0 Å². The average Bonchev–Trinajstić information content (AvgIpc) is 2.65. The molecule has 0 rings (SSSR count). The van der Waals surface area contributed by atoms with Gasteiger partial charge in [-0.05, 0) is 19.3 Å². The number of hydrogen-bond donors (Lipinski definition) is 1. The van der Waals surface area contributed by atoms with Crippen LogP contribution < -0.4 is 5.73 Å². The standard InChI is InChI=1S/C24H53N4/c1-7-9-11-13-15-17-20-27(24(25)26(3)4)21-19-23-28(5,6)22-18-16-14-12-10-8-2/h25H,7-23H2,1-6H3/q+1/p+1. The molecule has 0 unspecified atom stereocenters. The number of unbranched alkanes of at least 4 members (excludes halogenated alkanes) is 10. The number of nitrogens with zero attached hydrogens (tertiary/aromatic N) is 3. The van der Waals surface area contributed by atoms with Crippen LogP contribution in [0.5, 0.6) is 0 Å². The van der Waals surface area contributed by atoms with Crippen LogP contribution >= 0.6 is 0 Å². The minimum Gasteiger partial charge on any atom is -0.328 e. The minimum atomic E-state index is 0.926. The first-order valence-corrected chi connectivity index (χ1v) is 12.2. The van der Waals surface area contributed by atoms with Crippen molar-refractivity contribution >= 4 is 5.96 Å². The second-order valence-corrected chi connectivity index (χ2v) is 9.51. The van der Waals surface area contributed by atoms with Gasteiger partial charge in [-0.25, -0.2) is 0 Å². The summed E-state index contributed by atoms with van der Waals surface area (Å²) in [6, 6.07) is 0. The van der Waals surface area contributed by atoms with Crippen LogP contribution in [0.1, 0.15) is 97.3 Å². The number of nitrogens with two attached hydrogens (primary N) is 1. The Balaban J connectivity index is 4.18. The molecule has 0 bridgehead atoms. The lowest BCUT2D eigenvalue weighted by atomic mass is 10.1. The summed E-state index contributed by atoms with van der Waals surface area (Å²) >= 11 is 0. The summed E-state index contributed by atoms with van der Waals surface area (Å²) in [4.78, 5) is 2.41. The monoisotopic (exact) mass is 398 g/mol. The highest BCUT2D eigenvalue weighted by Gasteiger charge is 2.19. The van der Waals surface area contributed by atoms with Crippen LogP contribution in [-0.4, -0.2) is 74.3 Å². The molecule has 0 aliphatic rings. The molecule has 0 aromatic carbocycles. The van der Waals surface area contributed by atoms with Crippen molar-refractivity contribution in [3.63, 3.8) is 0 Å². The SMILES string of the molecule is CCCCCCCCN(CCC[N+](C)(C)CCCCCCCC)C(N)=[N+](C)C. The maximum absolute atomic E-state index is 6.37. The molecule has 0 aliphatic carbocycles. The first-order valence-electron chi connectivity index (χ1n) is 12.2. The van der Waals surface area contributed by atoms with Gasteiger partial charge in [0.05, 0.1) is 54.4 Å². The van der Waals surface area contributed by atoms with Crippen LogP contribution in [0.15, 0.2) is 0 Å². The van der Waals surface area contributed by atoms with Crippen LogP contribution in [0.2, 0.25) is 0 Å². The molecule has 0 radical (unpaired) electrons. The van der Waals surface area contributed by atoms with Gasteiger partial charge in [0.25, 0.3) is 0 Å².